The Kier molecular flexibility index (Phi) is 4.61. The van der Waals surface area contributed by atoms with E-state index in [2.05, 4.69) is 35.9 Å². The van der Waals surface area contributed by atoms with Gasteiger partial charge in [-0.05, 0) is 34.0 Å². The van der Waals surface area contributed by atoms with Gasteiger partial charge in [0.1, 0.15) is 5.82 Å². The molecular formula is C11H23N5. The van der Waals surface area contributed by atoms with Crippen LogP contribution in [0.2, 0.25) is 0 Å². The molecule has 1 rings (SSSR count). The molecule has 5 nitrogen and oxygen atoms in total. The summed E-state index contributed by atoms with van der Waals surface area (Å²) in [5.74, 6) is 1.03. The van der Waals surface area contributed by atoms with Crippen LogP contribution in [0.15, 0.2) is 6.20 Å². The van der Waals surface area contributed by atoms with Crippen molar-refractivity contribution in [2.75, 3.05) is 44.9 Å². The zero-order valence-corrected chi connectivity index (χ0v) is 10.8. The molecule has 0 aliphatic carbocycles. The first-order valence-corrected chi connectivity index (χ1v) is 5.73. The molecule has 1 heterocycles. The van der Waals surface area contributed by atoms with E-state index in [0.29, 0.717) is 0 Å². The third-order valence-electron chi connectivity index (χ3n) is 2.65. The zero-order chi connectivity index (χ0) is 12.1. The number of rotatable bonds is 6. The quantitative estimate of drug-likeness (QED) is 0.780. The summed E-state index contributed by atoms with van der Waals surface area (Å²) in [6.45, 7) is 5.02. The first kappa shape index (κ1) is 12.8. The number of hydrogen-bond acceptors (Lipinski definition) is 4. The maximum Gasteiger partial charge on any atom is 0.150 e. The van der Waals surface area contributed by atoms with Crippen molar-refractivity contribution >= 4 is 11.5 Å². The summed E-state index contributed by atoms with van der Waals surface area (Å²) in [6, 6.07) is 0. The average molecular weight is 225 g/mol. The summed E-state index contributed by atoms with van der Waals surface area (Å²) in [7, 11) is 6.20. The second-order valence-corrected chi connectivity index (χ2v) is 4.32. The zero-order valence-electron chi connectivity index (χ0n) is 10.8. The van der Waals surface area contributed by atoms with Crippen LogP contribution in [0.3, 0.4) is 0 Å². The lowest BCUT2D eigenvalue weighted by molar-refractivity contribution is 0.381. The summed E-state index contributed by atoms with van der Waals surface area (Å²) in [6.07, 6.45) is 2.82. The van der Waals surface area contributed by atoms with Crippen molar-refractivity contribution in [2.45, 2.75) is 19.9 Å². The molecule has 0 aliphatic rings. The maximum atomic E-state index is 5.91. The van der Waals surface area contributed by atoms with Gasteiger partial charge >= 0.3 is 0 Å². The molecule has 5 heteroatoms. The Bertz CT molecular complexity index is 318. The van der Waals surface area contributed by atoms with Crippen molar-refractivity contribution in [2.24, 2.45) is 0 Å². The fraction of sp³-hybridized carbons (Fsp3) is 0.727. The van der Waals surface area contributed by atoms with Crippen molar-refractivity contribution in [3.05, 3.63) is 6.20 Å². The molecule has 2 N–H and O–H groups in total. The molecule has 0 radical (unpaired) electrons. The summed E-state index contributed by atoms with van der Waals surface area (Å²) < 4.78 is 1.99. The van der Waals surface area contributed by atoms with Crippen LogP contribution in [0, 0.1) is 0 Å². The highest BCUT2D eigenvalue weighted by Crippen LogP contribution is 2.21. The van der Waals surface area contributed by atoms with Gasteiger partial charge in [0.25, 0.3) is 0 Å². The molecule has 0 unspecified atom stereocenters. The molecule has 0 saturated carbocycles. The van der Waals surface area contributed by atoms with Crippen LogP contribution in [0.4, 0.5) is 11.5 Å². The van der Waals surface area contributed by atoms with Gasteiger partial charge in [-0.2, -0.15) is 5.10 Å². The monoisotopic (exact) mass is 225 g/mol. The van der Waals surface area contributed by atoms with Crippen LogP contribution in [-0.4, -0.2) is 48.9 Å². The maximum absolute atomic E-state index is 5.91. The van der Waals surface area contributed by atoms with Crippen LogP contribution in [-0.2, 0) is 6.54 Å². The van der Waals surface area contributed by atoms with Crippen LogP contribution in [0.25, 0.3) is 0 Å². The Morgan fingerprint density at radius 3 is 2.62 bits per heavy atom. The van der Waals surface area contributed by atoms with Crippen LogP contribution < -0.4 is 10.6 Å². The van der Waals surface area contributed by atoms with E-state index in [1.807, 2.05) is 11.7 Å². The molecule has 0 spiro atoms. The van der Waals surface area contributed by atoms with Gasteiger partial charge in [0.05, 0.1) is 11.9 Å². The first-order valence-electron chi connectivity index (χ1n) is 5.73. The SMILES string of the molecule is CCN(C)c1c(N)cnn1CCCN(C)C. The van der Waals surface area contributed by atoms with E-state index in [4.69, 9.17) is 5.73 Å². The fourth-order valence-corrected chi connectivity index (χ4v) is 1.66. The minimum atomic E-state index is 0.759. The number of nitrogen functional groups attached to an aromatic ring is 1. The van der Waals surface area contributed by atoms with Crippen molar-refractivity contribution in [1.82, 2.24) is 14.7 Å². The van der Waals surface area contributed by atoms with E-state index in [-0.39, 0.29) is 0 Å². The summed E-state index contributed by atoms with van der Waals surface area (Å²) in [5, 5.41) is 4.31. The van der Waals surface area contributed by atoms with E-state index in [1.165, 1.54) is 0 Å². The Morgan fingerprint density at radius 2 is 2.06 bits per heavy atom. The first-order chi connectivity index (χ1) is 7.56. The van der Waals surface area contributed by atoms with Crippen LogP contribution in [0.1, 0.15) is 13.3 Å². The highest BCUT2D eigenvalue weighted by atomic mass is 15.4. The minimum Gasteiger partial charge on any atom is -0.394 e. The van der Waals surface area contributed by atoms with Gasteiger partial charge in [-0.25, -0.2) is 4.68 Å². The predicted molar refractivity (Wildman–Crippen MR) is 68.8 cm³/mol. The molecule has 0 atom stereocenters. The minimum absolute atomic E-state index is 0.759. The molecule has 0 aliphatic heterocycles. The summed E-state index contributed by atoms with van der Waals surface area (Å²) in [4.78, 5) is 4.30. The lowest BCUT2D eigenvalue weighted by Crippen LogP contribution is -2.22. The Labute approximate surface area is 97.8 Å². The number of anilines is 2. The molecule has 0 amide bonds. The summed E-state index contributed by atoms with van der Waals surface area (Å²) in [5.41, 5.74) is 6.67. The smallest absolute Gasteiger partial charge is 0.150 e. The molecular weight excluding hydrogens is 202 g/mol. The van der Waals surface area contributed by atoms with Crippen molar-refractivity contribution in [3.8, 4) is 0 Å². The third-order valence-corrected chi connectivity index (χ3v) is 2.65. The predicted octanol–water partition coefficient (Wildman–Crippen LogP) is 0.873. The van der Waals surface area contributed by atoms with Gasteiger partial charge in [-0.3, -0.25) is 0 Å². The van der Waals surface area contributed by atoms with E-state index >= 15 is 0 Å². The van der Waals surface area contributed by atoms with Crippen LogP contribution >= 0.6 is 0 Å². The normalized spacial score (nSPS) is 11.1. The van der Waals surface area contributed by atoms with E-state index < -0.39 is 0 Å². The number of aryl methyl sites for hydroxylation is 1. The van der Waals surface area contributed by atoms with Gasteiger partial charge in [0, 0.05) is 20.1 Å². The number of nitrogens with two attached hydrogens (primary N) is 1. The van der Waals surface area contributed by atoms with Crippen molar-refractivity contribution in [3.63, 3.8) is 0 Å². The largest absolute Gasteiger partial charge is 0.394 e. The van der Waals surface area contributed by atoms with Crippen molar-refractivity contribution in [1.29, 1.82) is 0 Å². The van der Waals surface area contributed by atoms with E-state index in [9.17, 15) is 0 Å². The molecule has 1 aromatic rings. The molecule has 0 bridgehead atoms. The second kappa shape index (κ2) is 5.75. The average Bonchev–Trinajstić information content (AvgIpc) is 2.58. The topological polar surface area (TPSA) is 50.3 Å². The van der Waals surface area contributed by atoms with Gasteiger partial charge < -0.3 is 15.5 Å². The van der Waals surface area contributed by atoms with Crippen LogP contribution in [0.5, 0.6) is 0 Å². The van der Waals surface area contributed by atoms with E-state index in [0.717, 1.165) is 37.6 Å². The van der Waals surface area contributed by atoms with E-state index in [1.54, 1.807) is 6.20 Å². The molecule has 0 saturated heterocycles. The highest BCUT2D eigenvalue weighted by Gasteiger charge is 2.11. The number of aromatic nitrogens is 2. The standard InChI is InChI=1S/C11H23N5/c1-5-15(4)11-10(12)9-13-16(11)8-6-7-14(2)3/h9H,5-8,12H2,1-4H3. The van der Waals surface area contributed by atoms with Gasteiger partial charge in [-0.1, -0.05) is 0 Å². The Balaban J connectivity index is 2.65. The van der Waals surface area contributed by atoms with Gasteiger partial charge in [0.2, 0.25) is 0 Å². The molecule has 92 valence electrons. The number of hydrogen-bond donors (Lipinski definition) is 1. The fourth-order valence-electron chi connectivity index (χ4n) is 1.66. The molecule has 1 aromatic heterocycles. The van der Waals surface area contributed by atoms with Gasteiger partial charge in [0.15, 0.2) is 0 Å². The second-order valence-electron chi connectivity index (χ2n) is 4.32. The lowest BCUT2D eigenvalue weighted by atomic mass is 10.4. The lowest BCUT2D eigenvalue weighted by Gasteiger charge is -2.19. The Morgan fingerprint density at radius 1 is 1.38 bits per heavy atom. The molecule has 16 heavy (non-hydrogen) atoms. The molecule has 0 aromatic carbocycles. The highest BCUT2D eigenvalue weighted by molar-refractivity contribution is 5.61. The summed E-state index contributed by atoms with van der Waals surface area (Å²) >= 11 is 0. The number of nitrogens with zero attached hydrogens (tertiary/aromatic N) is 4. The van der Waals surface area contributed by atoms with Gasteiger partial charge in [-0.15, -0.1) is 0 Å². The Hall–Kier alpha value is -1.23. The van der Waals surface area contributed by atoms with Crippen molar-refractivity contribution < 1.29 is 0 Å². The third kappa shape index (κ3) is 3.13. The molecule has 0 fully saturated rings.